The Labute approximate surface area is 160 Å². The normalized spacial score (nSPS) is 12.0. The molecule has 0 fully saturated rings. The van der Waals surface area contributed by atoms with Crippen molar-refractivity contribution >= 4 is 17.5 Å². The van der Waals surface area contributed by atoms with Gasteiger partial charge in [0.1, 0.15) is 5.15 Å². The van der Waals surface area contributed by atoms with Crippen molar-refractivity contribution in [2.45, 2.75) is 26.4 Å². The number of nitrogens with one attached hydrogen (secondary N) is 1. The summed E-state index contributed by atoms with van der Waals surface area (Å²) in [7, 11) is 0. The molecule has 0 aliphatic rings. The summed E-state index contributed by atoms with van der Waals surface area (Å²) in [5.41, 5.74) is 2.21. The van der Waals surface area contributed by atoms with E-state index in [1.165, 1.54) is 6.07 Å². The molecule has 0 bridgehead atoms. The van der Waals surface area contributed by atoms with Gasteiger partial charge in [-0.1, -0.05) is 48.0 Å². The molecule has 0 saturated heterocycles. The average molecular weight is 390 g/mol. The van der Waals surface area contributed by atoms with E-state index in [0.29, 0.717) is 17.8 Å². The first-order valence-electron chi connectivity index (χ1n) is 8.39. The van der Waals surface area contributed by atoms with Crippen molar-refractivity contribution in [3.05, 3.63) is 87.7 Å². The molecule has 1 atom stereocenters. The third kappa shape index (κ3) is 4.17. The second kappa shape index (κ2) is 7.88. The van der Waals surface area contributed by atoms with Gasteiger partial charge < -0.3 is 5.32 Å². The number of aryl methyl sites for hydroxylation is 1. The number of carbonyl (C=O) groups excluding carboxylic acids is 1. The van der Waals surface area contributed by atoms with Crippen LogP contribution in [0, 0.1) is 18.6 Å². The molecular formula is C20H18ClF2N3O. The van der Waals surface area contributed by atoms with Crippen LogP contribution in [0.5, 0.6) is 0 Å². The number of carbonyl (C=O) groups is 1. The van der Waals surface area contributed by atoms with E-state index in [0.717, 1.165) is 17.7 Å². The highest BCUT2D eigenvalue weighted by Gasteiger charge is 2.22. The number of halogens is 3. The molecule has 1 amide bonds. The second-order valence-electron chi connectivity index (χ2n) is 6.26. The van der Waals surface area contributed by atoms with Gasteiger partial charge >= 0.3 is 0 Å². The lowest BCUT2D eigenvalue weighted by Gasteiger charge is -2.14. The zero-order chi connectivity index (χ0) is 19.6. The molecule has 27 heavy (non-hydrogen) atoms. The summed E-state index contributed by atoms with van der Waals surface area (Å²) in [4.78, 5) is 12.7. The lowest BCUT2D eigenvalue weighted by Crippen LogP contribution is -2.27. The van der Waals surface area contributed by atoms with E-state index in [2.05, 4.69) is 10.4 Å². The molecule has 0 unspecified atom stereocenters. The van der Waals surface area contributed by atoms with Gasteiger partial charge in [-0.2, -0.15) is 5.10 Å². The SMILES string of the molecule is Cc1nn(Cc2ccccc2)c(Cl)c1C(=O)N[C@H](C)c1ccc(F)c(F)c1. The fourth-order valence-corrected chi connectivity index (χ4v) is 3.13. The minimum atomic E-state index is -0.960. The maximum absolute atomic E-state index is 13.4. The smallest absolute Gasteiger partial charge is 0.256 e. The molecular weight excluding hydrogens is 372 g/mol. The maximum atomic E-state index is 13.4. The zero-order valence-electron chi connectivity index (χ0n) is 14.8. The number of benzene rings is 2. The van der Waals surface area contributed by atoms with Gasteiger partial charge in [-0.25, -0.2) is 13.5 Å². The van der Waals surface area contributed by atoms with Crippen LogP contribution in [0.25, 0.3) is 0 Å². The Morgan fingerprint density at radius 2 is 1.89 bits per heavy atom. The summed E-state index contributed by atoms with van der Waals surface area (Å²) in [6, 6.07) is 12.6. The molecule has 3 rings (SSSR count). The van der Waals surface area contributed by atoms with Crippen LogP contribution in [0.1, 0.15) is 40.1 Å². The minimum absolute atomic E-state index is 0.228. The number of aromatic nitrogens is 2. The van der Waals surface area contributed by atoms with Crippen LogP contribution >= 0.6 is 11.6 Å². The number of rotatable bonds is 5. The molecule has 1 N–H and O–H groups in total. The monoisotopic (exact) mass is 389 g/mol. The highest BCUT2D eigenvalue weighted by Crippen LogP contribution is 2.23. The van der Waals surface area contributed by atoms with E-state index >= 15 is 0 Å². The number of hydrogen-bond donors (Lipinski definition) is 1. The van der Waals surface area contributed by atoms with Crippen molar-refractivity contribution in [3.63, 3.8) is 0 Å². The van der Waals surface area contributed by atoms with Crippen molar-refractivity contribution in [1.82, 2.24) is 15.1 Å². The van der Waals surface area contributed by atoms with E-state index in [1.54, 1.807) is 18.5 Å². The molecule has 0 aliphatic carbocycles. The summed E-state index contributed by atoms with van der Waals surface area (Å²) in [6.45, 7) is 3.82. The summed E-state index contributed by atoms with van der Waals surface area (Å²) in [5.74, 6) is -2.31. The molecule has 0 spiro atoms. The molecule has 0 saturated carbocycles. The van der Waals surface area contributed by atoms with Gasteiger partial charge in [-0.3, -0.25) is 4.79 Å². The number of nitrogens with zero attached hydrogens (tertiary/aromatic N) is 2. The van der Waals surface area contributed by atoms with Gasteiger partial charge in [0.25, 0.3) is 5.91 Å². The van der Waals surface area contributed by atoms with Gasteiger partial charge in [0.15, 0.2) is 11.6 Å². The van der Waals surface area contributed by atoms with E-state index < -0.39 is 23.6 Å². The van der Waals surface area contributed by atoms with Gasteiger partial charge in [-0.05, 0) is 37.1 Å². The van der Waals surface area contributed by atoms with Crippen molar-refractivity contribution in [1.29, 1.82) is 0 Å². The van der Waals surface area contributed by atoms with Gasteiger partial charge in [0, 0.05) is 0 Å². The molecule has 140 valence electrons. The summed E-state index contributed by atoms with van der Waals surface area (Å²) in [5, 5.41) is 7.33. The third-order valence-corrected chi connectivity index (χ3v) is 4.64. The molecule has 1 aromatic heterocycles. The number of hydrogen-bond acceptors (Lipinski definition) is 2. The molecule has 4 nitrogen and oxygen atoms in total. The predicted molar refractivity (Wildman–Crippen MR) is 99.8 cm³/mol. The quantitative estimate of drug-likeness (QED) is 0.689. The first kappa shape index (κ1) is 19.0. The van der Waals surface area contributed by atoms with E-state index in [9.17, 15) is 13.6 Å². The average Bonchev–Trinajstić information content (AvgIpc) is 2.91. The highest BCUT2D eigenvalue weighted by atomic mass is 35.5. The Kier molecular flexibility index (Phi) is 5.56. The van der Waals surface area contributed by atoms with Crippen LogP contribution in [0.3, 0.4) is 0 Å². The van der Waals surface area contributed by atoms with Crippen LogP contribution < -0.4 is 5.32 Å². The Hall–Kier alpha value is -2.73. The lowest BCUT2D eigenvalue weighted by molar-refractivity contribution is 0.0939. The standard InChI is InChI=1S/C20H18ClF2N3O/c1-12(15-8-9-16(22)17(23)10-15)24-20(27)18-13(2)25-26(19(18)21)11-14-6-4-3-5-7-14/h3-10,12H,11H2,1-2H3,(H,24,27)/t12-/m1/s1. The molecule has 0 aliphatic heterocycles. The third-order valence-electron chi connectivity index (χ3n) is 4.26. The Morgan fingerprint density at radius 3 is 2.56 bits per heavy atom. The number of amides is 1. The maximum Gasteiger partial charge on any atom is 0.256 e. The Morgan fingerprint density at radius 1 is 1.19 bits per heavy atom. The van der Waals surface area contributed by atoms with Crippen LogP contribution in [0.15, 0.2) is 48.5 Å². The molecule has 1 heterocycles. The molecule has 0 radical (unpaired) electrons. The highest BCUT2D eigenvalue weighted by molar-refractivity contribution is 6.33. The molecule has 2 aromatic carbocycles. The molecule has 7 heteroatoms. The van der Waals surface area contributed by atoms with Crippen LogP contribution in [0.2, 0.25) is 5.15 Å². The van der Waals surface area contributed by atoms with Gasteiger partial charge in [-0.15, -0.1) is 0 Å². The predicted octanol–water partition coefficient (Wildman–Crippen LogP) is 4.66. The zero-order valence-corrected chi connectivity index (χ0v) is 15.6. The fourth-order valence-electron chi connectivity index (χ4n) is 2.81. The second-order valence-corrected chi connectivity index (χ2v) is 6.62. The van der Waals surface area contributed by atoms with Crippen molar-refractivity contribution in [3.8, 4) is 0 Å². The van der Waals surface area contributed by atoms with Crippen LogP contribution in [0.4, 0.5) is 8.78 Å². The van der Waals surface area contributed by atoms with Crippen molar-refractivity contribution in [2.75, 3.05) is 0 Å². The largest absolute Gasteiger partial charge is 0.345 e. The lowest BCUT2D eigenvalue weighted by atomic mass is 10.1. The summed E-state index contributed by atoms with van der Waals surface area (Å²) >= 11 is 6.38. The van der Waals surface area contributed by atoms with Gasteiger partial charge in [0.2, 0.25) is 0 Å². The van der Waals surface area contributed by atoms with Crippen LogP contribution in [-0.2, 0) is 6.54 Å². The van der Waals surface area contributed by atoms with E-state index in [4.69, 9.17) is 11.6 Å². The summed E-state index contributed by atoms with van der Waals surface area (Å²) in [6.07, 6.45) is 0. The van der Waals surface area contributed by atoms with E-state index in [1.807, 2.05) is 30.3 Å². The topological polar surface area (TPSA) is 46.9 Å². The van der Waals surface area contributed by atoms with Crippen LogP contribution in [-0.4, -0.2) is 15.7 Å². The van der Waals surface area contributed by atoms with Crippen molar-refractivity contribution in [2.24, 2.45) is 0 Å². The van der Waals surface area contributed by atoms with Crippen molar-refractivity contribution < 1.29 is 13.6 Å². The summed E-state index contributed by atoms with van der Waals surface area (Å²) < 4.78 is 28.1. The Balaban J connectivity index is 1.79. The van der Waals surface area contributed by atoms with E-state index in [-0.39, 0.29) is 10.7 Å². The first-order valence-corrected chi connectivity index (χ1v) is 8.77. The molecule has 3 aromatic rings. The fraction of sp³-hybridized carbons (Fsp3) is 0.200. The first-order chi connectivity index (χ1) is 12.9. The Bertz CT molecular complexity index is 973. The minimum Gasteiger partial charge on any atom is -0.345 e. The van der Waals surface area contributed by atoms with Gasteiger partial charge in [0.05, 0.1) is 23.8 Å².